The second kappa shape index (κ2) is 4.09. The molecule has 0 N–H and O–H groups in total. The molecule has 1 atom stereocenters. The molecule has 0 aromatic carbocycles. The highest BCUT2D eigenvalue weighted by Gasteiger charge is 2.36. The summed E-state index contributed by atoms with van der Waals surface area (Å²) < 4.78 is 5.15. The summed E-state index contributed by atoms with van der Waals surface area (Å²) in [5, 5.41) is 4.15. The standard InChI is InChI=1S/C12H17NO2/c1-3-4-10-9-12(15-13-10)7-5-11(14-2)6-8-12/h5-7H,3-4,8-9H2,1-2H3. The van der Waals surface area contributed by atoms with Crippen LogP contribution in [0.1, 0.15) is 32.6 Å². The Balaban J connectivity index is 1.98. The highest BCUT2D eigenvalue weighted by molar-refractivity contribution is 5.86. The van der Waals surface area contributed by atoms with Crippen LogP contribution in [0.2, 0.25) is 0 Å². The monoisotopic (exact) mass is 207 g/mol. The van der Waals surface area contributed by atoms with Crippen molar-refractivity contribution in [2.24, 2.45) is 5.16 Å². The fourth-order valence-corrected chi connectivity index (χ4v) is 1.98. The number of ether oxygens (including phenoxy) is 1. The van der Waals surface area contributed by atoms with E-state index in [9.17, 15) is 0 Å². The van der Waals surface area contributed by atoms with Gasteiger partial charge in [0.25, 0.3) is 0 Å². The Morgan fingerprint density at radius 2 is 2.47 bits per heavy atom. The molecule has 1 heterocycles. The van der Waals surface area contributed by atoms with E-state index in [0.29, 0.717) is 0 Å². The summed E-state index contributed by atoms with van der Waals surface area (Å²) in [6.07, 6.45) is 10.0. The van der Waals surface area contributed by atoms with E-state index in [2.05, 4.69) is 24.2 Å². The van der Waals surface area contributed by atoms with Crippen molar-refractivity contribution in [2.75, 3.05) is 7.11 Å². The van der Waals surface area contributed by atoms with Crippen molar-refractivity contribution in [1.29, 1.82) is 0 Å². The van der Waals surface area contributed by atoms with E-state index < -0.39 is 0 Å². The first-order valence-electron chi connectivity index (χ1n) is 5.45. The lowest BCUT2D eigenvalue weighted by atomic mass is 9.89. The SMILES string of the molecule is CCCC1=NOC2(C=CC(OC)=CC2)C1. The third-order valence-corrected chi connectivity index (χ3v) is 2.83. The average Bonchev–Trinajstić information content (AvgIpc) is 2.64. The summed E-state index contributed by atoms with van der Waals surface area (Å²) in [4.78, 5) is 5.54. The number of hydrogen-bond donors (Lipinski definition) is 0. The fourth-order valence-electron chi connectivity index (χ4n) is 1.98. The molecule has 1 spiro atoms. The Bertz CT molecular complexity index is 331. The van der Waals surface area contributed by atoms with Gasteiger partial charge in [0.05, 0.1) is 12.8 Å². The highest BCUT2D eigenvalue weighted by Crippen LogP contribution is 2.34. The Labute approximate surface area is 90.4 Å². The van der Waals surface area contributed by atoms with Crippen LogP contribution in [0.25, 0.3) is 0 Å². The quantitative estimate of drug-likeness (QED) is 0.712. The lowest BCUT2D eigenvalue weighted by molar-refractivity contribution is 0.0210. The van der Waals surface area contributed by atoms with Gasteiger partial charge in [0.1, 0.15) is 5.76 Å². The largest absolute Gasteiger partial charge is 0.497 e. The minimum Gasteiger partial charge on any atom is -0.497 e. The molecule has 0 aromatic rings. The first kappa shape index (κ1) is 10.3. The Hall–Kier alpha value is -1.25. The van der Waals surface area contributed by atoms with Crippen molar-refractivity contribution in [2.45, 2.75) is 38.2 Å². The van der Waals surface area contributed by atoms with Gasteiger partial charge in [-0.05, 0) is 24.6 Å². The molecule has 0 saturated carbocycles. The summed E-state index contributed by atoms with van der Waals surface area (Å²) in [7, 11) is 1.68. The predicted octanol–water partition coefficient (Wildman–Crippen LogP) is 2.79. The lowest BCUT2D eigenvalue weighted by Crippen LogP contribution is -2.27. The van der Waals surface area contributed by atoms with Crippen molar-refractivity contribution in [3.05, 3.63) is 24.0 Å². The molecule has 3 nitrogen and oxygen atoms in total. The van der Waals surface area contributed by atoms with Crippen LogP contribution in [0.5, 0.6) is 0 Å². The molecule has 0 radical (unpaired) electrons. The summed E-state index contributed by atoms with van der Waals surface area (Å²) >= 11 is 0. The van der Waals surface area contributed by atoms with Crippen LogP contribution in [-0.2, 0) is 9.57 Å². The maximum Gasteiger partial charge on any atom is 0.165 e. The number of methoxy groups -OCH3 is 1. The molecule has 1 aliphatic carbocycles. The zero-order chi connectivity index (χ0) is 10.7. The van der Waals surface area contributed by atoms with Crippen molar-refractivity contribution in [1.82, 2.24) is 0 Å². The first-order valence-corrected chi connectivity index (χ1v) is 5.45. The summed E-state index contributed by atoms with van der Waals surface area (Å²) in [6, 6.07) is 0. The van der Waals surface area contributed by atoms with E-state index in [1.54, 1.807) is 7.11 Å². The molecule has 1 aliphatic heterocycles. The smallest absolute Gasteiger partial charge is 0.165 e. The Kier molecular flexibility index (Phi) is 2.80. The lowest BCUT2D eigenvalue weighted by Gasteiger charge is -2.24. The minimum atomic E-state index is -0.216. The Morgan fingerprint density at radius 1 is 1.60 bits per heavy atom. The van der Waals surface area contributed by atoms with E-state index in [0.717, 1.165) is 31.4 Å². The molecular weight excluding hydrogens is 190 g/mol. The minimum absolute atomic E-state index is 0.216. The summed E-state index contributed by atoms with van der Waals surface area (Å²) in [5.41, 5.74) is 0.961. The second-order valence-corrected chi connectivity index (χ2v) is 4.09. The molecule has 1 unspecified atom stereocenters. The van der Waals surface area contributed by atoms with E-state index in [1.807, 2.05) is 6.08 Å². The molecule has 15 heavy (non-hydrogen) atoms. The third kappa shape index (κ3) is 2.06. The van der Waals surface area contributed by atoms with Crippen LogP contribution in [-0.4, -0.2) is 18.4 Å². The van der Waals surface area contributed by atoms with E-state index in [4.69, 9.17) is 9.57 Å². The van der Waals surface area contributed by atoms with Crippen molar-refractivity contribution in [3.8, 4) is 0 Å². The van der Waals surface area contributed by atoms with Gasteiger partial charge in [-0.3, -0.25) is 0 Å². The zero-order valence-electron chi connectivity index (χ0n) is 9.32. The van der Waals surface area contributed by atoms with Gasteiger partial charge in [0.15, 0.2) is 5.60 Å². The molecule has 0 bridgehead atoms. The number of hydrogen-bond acceptors (Lipinski definition) is 3. The molecule has 82 valence electrons. The van der Waals surface area contributed by atoms with Crippen molar-refractivity contribution < 1.29 is 9.57 Å². The van der Waals surface area contributed by atoms with Gasteiger partial charge in [-0.25, -0.2) is 0 Å². The van der Waals surface area contributed by atoms with Crippen molar-refractivity contribution in [3.63, 3.8) is 0 Å². The van der Waals surface area contributed by atoms with Crippen LogP contribution in [0.4, 0.5) is 0 Å². The molecule has 2 rings (SSSR count). The molecule has 0 aromatic heterocycles. The van der Waals surface area contributed by atoms with Gasteiger partial charge in [-0.15, -0.1) is 0 Å². The van der Waals surface area contributed by atoms with Gasteiger partial charge < -0.3 is 9.57 Å². The van der Waals surface area contributed by atoms with E-state index in [-0.39, 0.29) is 5.60 Å². The fraction of sp³-hybridized carbons (Fsp3) is 0.583. The normalized spacial score (nSPS) is 28.7. The topological polar surface area (TPSA) is 30.8 Å². The molecule has 0 amide bonds. The van der Waals surface area contributed by atoms with Gasteiger partial charge in [0, 0.05) is 12.8 Å². The average molecular weight is 207 g/mol. The Morgan fingerprint density at radius 3 is 3.07 bits per heavy atom. The van der Waals surface area contributed by atoms with Crippen LogP contribution < -0.4 is 0 Å². The predicted molar refractivity (Wildman–Crippen MR) is 59.6 cm³/mol. The summed E-state index contributed by atoms with van der Waals surface area (Å²) in [6.45, 7) is 2.16. The molecular formula is C12H17NO2. The maximum absolute atomic E-state index is 5.54. The second-order valence-electron chi connectivity index (χ2n) is 4.09. The molecule has 3 heteroatoms. The number of oxime groups is 1. The molecule has 0 saturated heterocycles. The molecule has 2 aliphatic rings. The van der Waals surface area contributed by atoms with Crippen LogP contribution in [0.3, 0.4) is 0 Å². The molecule has 0 fully saturated rings. The third-order valence-electron chi connectivity index (χ3n) is 2.83. The maximum atomic E-state index is 5.54. The van der Waals surface area contributed by atoms with Gasteiger partial charge in [0.2, 0.25) is 0 Å². The van der Waals surface area contributed by atoms with Gasteiger partial charge in [-0.1, -0.05) is 18.5 Å². The number of nitrogens with zero attached hydrogens (tertiary/aromatic N) is 1. The van der Waals surface area contributed by atoms with Crippen LogP contribution in [0.15, 0.2) is 29.1 Å². The zero-order valence-corrected chi connectivity index (χ0v) is 9.32. The first-order chi connectivity index (χ1) is 7.28. The van der Waals surface area contributed by atoms with Crippen molar-refractivity contribution >= 4 is 5.71 Å². The van der Waals surface area contributed by atoms with Crippen LogP contribution in [0, 0.1) is 0 Å². The van der Waals surface area contributed by atoms with Gasteiger partial charge >= 0.3 is 0 Å². The number of allylic oxidation sites excluding steroid dienone is 1. The highest BCUT2D eigenvalue weighted by atomic mass is 16.7. The van der Waals surface area contributed by atoms with E-state index >= 15 is 0 Å². The summed E-state index contributed by atoms with van der Waals surface area (Å²) in [5.74, 6) is 0.910. The van der Waals surface area contributed by atoms with E-state index in [1.165, 1.54) is 5.71 Å². The van der Waals surface area contributed by atoms with Gasteiger partial charge in [-0.2, -0.15) is 0 Å². The van der Waals surface area contributed by atoms with Crippen LogP contribution >= 0.6 is 0 Å². The number of rotatable bonds is 3.